The molecular formula is C21H24N2O4S. The maximum absolute atomic E-state index is 13.0. The fraction of sp³-hybridized carbons (Fsp3) is 0.333. The molecule has 4 rings (SSSR count). The molecule has 0 saturated carbocycles. The Morgan fingerprint density at radius 3 is 2.61 bits per heavy atom. The van der Waals surface area contributed by atoms with Crippen molar-refractivity contribution < 1.29 is 17.9 Å². The van der Waals surface area contributed by atoms with Gasteiger partial charge in [-0.1, -0.05) is 24.3 Å². The van der Waals surface area contributed by atoms with Crippen LogP contribution in [0.2, 0.25) is 0 Å². The lowest BCUT2D eigenvalue weighted by Crippen LogP contribution is -2.37. The molecule has 0 bridgehead atoms. The van der Waals surface area contributed by atoms with Crippen molar-refractivity contribution in [3.8, 4) is 5.75 Å². The molecule has 148 valence electrons. The lowest BCUT2D eigenvalue weighted by Gasteiger charge is -2.23. The van der Waals surface area contributed by atoms with Gasteiger partial charge in [-0.25, -0.2) is 12.4 Å². The van der Waals surface area contributed by atoms with E-state index in [4.69, 9.17) is 9.47 Å². The van der Waals surface area contributed by atoms with Crippen molar-refractivity contribution in [2.24, 2.45) is 0 Å². The highest BCUT2D eigenvalue weighted by atomic mass is 32.2. The van der Waals surface area contributed by atoms with E-state index in [0.717, 1.165) is 38.0 Å². The van der Waals surface area contributed by atoms with Gasteiger partial charge < -0.3 is 14.8 Å². The standard InChI is InChI=1S/C21H24N2O4S/c24-28(25,18-5-2-1-3-6-18)23-13-9-19-20(23)7-4-8-21(19)27-16-12-22-17-10-14-26-15-11-17/h1-9,13,17,22H,10-12,14-16H2. The number of nitrogens with zero attached hydrogens (tertiary/aromatic N) is 1. The van der Waals surface area contributed by atoms with E-state index in [1.54, 1.807) is 48.7 Å². The van der Waals surface area contributed by atoms with Gasteiger partial charge in [0, 0.05) is 37.4 Å². The number of nitrogens with one attached hydrogen (secondary N) is 1. The van der Waals surface area contributed by atoms with Crippen LogP contribution in [0.3, 0.4) is 0 Å². The van der Waals surface area contributed by atoms with Crippen LogP contribution in [0.1, 0.15) is 12.8 Å². The van der Waals surface area contributed by atoms with Crippen LogP contribution in [0.25, 0.3) is 10.9 Å². The van der Waals surface area contributed by atoms with E-state index < -0.39 is 10.0 Å². The first-order valence-corrected chi connectivity index (χ1v) is 10.9. The summed E-state index contributed by atoms with van der Waals surface area (Å²) in [7, 11) is -3.64. The Morgan fingerprint density at radius 2 is 1.82 bits per heavy atom. The number of benzene rings is 2. The van der Waals surface area contributed by atoms with Crippen molar-refractivity contribution in [2.75, 3.05) is 26.4 Å². The average molecular weight is 401 g/mol. The minimum absolute atomic E-state index is 0.263. The average Bonchev–Trinajstić information content (AvgIpc) is 3.18. The Kier molecular flexibility index (Phi) is 5.66. The molecule has 0 unspecified atom stereocenters. The second-order valence-electron chi connectivity index (χ2n) is 6.81. The van der Waals surface area contributed by atoms with Crippen molar-refractivity contribution in [1.29, 1.82) is 0 Å². The number of hydrogen-bond donors (Lipinski definition) is 1. The number of fused-ring (bicyclic) bond motifs is 1. The Balaban J connectivity index is 1.49. The zero-order valence-electron chi connectivity index (χ0n) is 15.6. The summed E-state index contributed by atoms with van der Waals surface area (Å²) in [6, 6.07) is 16.2. The van der Waals surface area contributed by atoms with E-state index in [0.29, 0.717) is 23.9 Å². The summed E-state index contributed by atoms with van der Waals surface area (Å²) in [6.07, 6.45) is 3.63. The highest BCUT2D eigenvalue weighted by Gasteiger charge is 2.19. The first-order valence-electron chi connectivity index (χ1n) is 9.51. The monoisotopic (exact) mass is 400 g/mol. The lowest BCUT2D eigenvalue weighted by molar-refractivity contribution is 0.0770. The largest absolute Gasteiger partial charge is 0.492 e. The zero-order chi connectivity index (χ0) is 19.4. The minimum atomic E-state index is -3.64. The third kappa shape index (κ3) is 3.92. The van der Waals surface area contributed by atoms with Crippen molar-refractivity contribution >= 4 is 20.9 Å². The number of rotatable bonds is 7. The molecule has 7 heteroatoms. The molecule has 0 atom stereocenters. The Bertz CT molecular complexity index is 1030. The Labute approximate surface area is 165 Å². The number of hydrogen-bond acceptors (Lipinski definition) is 5. The van der Waals surface area contributed by atoms with Crippen LogP contribution in [0.15, 0.2) is 65.7 Å². The maximum Gasteiger partial charge on any atom is 0.268 e. The Hall–Kier alpha value is -2.35. The van der Waals surface area contributed by atoms with E-state index in [9.17, 15) is 8.42 Å². The van der Waals surface area contributed by atoms with Crippen molar-refractivity contribution in [3.63, 3.8) is 0 Å². The van der Waals surface area contributed by atoms with Gasteiger partial charge in [0.15, 0.2) is 0 Å². The molecule has 1 fully saturated rings. The predicted octanol–water partition coefficient (Wildman–Crippen LogP) is 3.03. The first kappa shape index (κ1) is 19.0. The van der Waals surface area contributed by atoms with Gasteiger partial charge in [0.25, 0.3) is 10.0 Å². The van der Waals surface area contributed by atoms with Gasteiger partial charge in [-0.2, -0.15) is 0 Å². The van der Waals surface area contributed by atoms with Gasteiger partial charge >= 0.3 is 0 Å². The highest BCUT2D eigenvalue weighted by molar-refractivity contribution is 7.90. The molecule has 1 aliphatic rings. The minimum Gasteiger partial charge on any atom is -0.492 e. The molecule has 2 heterocycles. The molecule has 0 amide bonds. The van der Waals surface area contributed by atoms with Gasteiger partial charge in [-0.15, -0.1) is 0 Å². The fourth-order valence-corrected chi connectivity index (χ4v) is 4.85. The van der Waals surface area contributed by atoms with E-state index in [2.05, 4.69) is 5.32 Å². The molecule has 3 aromatic rings. The molecule has 0 radical (unpaired) electrons. The lowest BCUT2D eigenvalue weighted by atomic mass is 10.1. The molecule has 28 heavy (non-hydrogen) atoms. The van der Waals surface area contributed by atoms with E-state index in [1.165, 1.54) is 3.97 Å². The summed E-state index contributed by atoms with van der Waals surface area (Å²) in [4.78, 5) is 0.263. The zero-order valence-corrected chi connectivity index (χ0v) is 16.4. The van der Waals surface area contributed by atoms with E-state index >= 15 is 0 Å². The van der Waals surface area contributed by atoms with Gasteiger partial charge in [-0.05, 0) is 43.2 Å². The summed E-state index contributed by atoms with van der Waals surface area (Å²) in [6.45, 7) is 2.87. The highest BCUT2D eigenvalue weighted by Crippen LogP contribution is 2.29. The summed E-state index contributed by atoms with van der Waals surface area (Å²) in [5.41, 5.74) is 0.610. The van der Waals surface area contributed by atoms with Gasteiger partial charge in [0.05, 0.1) is 10.4 Å². The number of aromatic nitrogens is 1. The quantitative estimate of drug-likeness (QED) is 0.618. The summed E-state index contributed by atoms with van der Waals surface area (Å²) in [5, 5.41) is 4.27. The summed E-state index contributed by atoms with van der Waals surface area (Å²) < 4.78 is 38.5. The summed E-state index contributed by atoms with van der Waals surface area (Å²) >= 11 is 0. The predicted molar refractivity (Wildman–Crippen MR) is 108 cm³/mol. The van der Waals surface area contributed by atoms with Crippen LogP contribution in [0.4, 0.5) is 0 Å². The van der Waals surface area contributed by atoms with Crippen molar-refractivity contribution in [3.05, 3.63) is 60.8 Å². The van der Waals surface area contributed by atoms with Crippen LogP contribution in [-0.4, -0.2) is 44.8 Å². The fourth-order valence-electron chi connectivity index (χ4n) is 3.48. The SMILES string of the molecule is O=S(=O)(c1ccccc1)n1ccc2c(OCCNC3CCOCC3)cccc21. The van der Waals surface area contributed by atoms with Crippen LogP contribution in [0.5, 0.6) is 5.75 Å². The van der Waals surface area contributed by atoms with Crippen LogP contribution in [-0.2, 0) is 14.8 Å². The third-order valence-corrected chi connectivity index (χ3v) is 6.68. The molecular weight excluding hydrogens is 376 g/mol. The Morgan fingerprint density at radius 1 is 1.04 bits per heavy atom. The van der Waals surface area contributed by atoms with Crippen LogP contribution < -0.4 is 10.1 Å². The molecule has 0 aliphatic carbocycles. The van der Waals surface area contributed by atoms with E-state index in [-0.39, 0.29) is 4.90 Å². The first-order chi connectivity index (χ1) is 13.7. The molecule has 1 saturated heterocycles. The van der Waals surface area contributed by atoms with Gasteiger partial charge in [0.2, 0.25) is 0 Å². The smallest absolute Gasteiger partial charge is 0.268 e. The number of ether oxygens (including phenoxy) is 2. The second-order valence-corrected chi connectivity index (χ2v) is 8.62. The molecule has 1 N–H and O–H groups in total. The maximum atomic E-state index is 13.0. The van der Waals surface area contributed by atoms with Crippen molar-refractivity contribution in [2.45, 2.75) is 23.8 Å². The molecule has 1 aliphatic heterocycles. The molecule has 1 aromatic heterocycles. The van der Waals surface area contributed by atoms with Gasteiger partial charge in [-0.3, -0.25) is 0 Å². The molecule has 6 nitrogen and oxygen atoms in total. The van der Waals surface area contributed by atoms with Crippen molar-refractivity contribution in [1.82, 2.24) is 9.29 Å². The second kappa shape index (κ2) is 8.34. The third-order valence-electron chi connectivity index (χ3n) is 4.97. The molecule has 2 aromatic carbocycles. The molecule has 0 spiro atoms. The van der Waals surface area contributed by atoms with E-state index in [1.807, 2.05) is 12.1 Å². The normalized spacial score (nSPS) is 15.7. The topological polar surface area (TPSA) is 69.6 Å². The van der Waals surface area contributed by atoms with Gasteiger partial charge in [0.1, 0.15) is 12.4 Å². The van der Waals surface area contributed by atoms with Crippen LogP contribution in [0, 0.1) is 0 Å². The summed E-state index contributed by atoms with van der Waals surface area (Å²) in [5.74, 6) is 0.688. The van der Waals surface area contributed by atoms with Crippen LogP contribution >= 0.6 is 0 Å².